The predicted octanol–water partition coefficient (Wildman–Crippen LogP) is 5.49. The van der Waals surface area contributed by atoms with Crippen LogP contribution in [-0.4, -0.2) is 16.0 Å². The molecular weight excluding hydrogens is 398 g/mol. The predicted molar refractivity (Wildman–Crippen MR) is 125 cm³/mol. The molecule has 0 spiro atoms. The summed E-state index contributed by atoms with van der Waals surface area (Å²) >= 11 is 6.68. The number of carbonyl (C=O) groups excluding carboxylic acids is 1. The van der Waals surface area contributed by atoms with Crippen molar-refractivity contribution in [1.29, 1.82) is 0 Å². The van der Waals surface area contributed by atoms with Gasteiger partial charge in [-0.2, -0.15) is 0 Å². The Morgan fingerprint density at radius 3 is 2.59 bits per heavy atom. The van der Waals surface area contributed by atoms with Gasteiger partial charge in [0.15, 0.2) is 10.2 Å². The fraction of sp³-hybridized carbons (Fsp3) is 0. The van der Waals surface area contributed by atoms with Gasteiger partial charge in [-0.1, -0.05) is 72.8 Å². The van der Waals surface area contributed by atoms with Crippen LogP contribution in [0.4, 0.5) is 5.13 Å². The maximum Gasteiger partial charge on any atom is 0.250 e. The van der Waals surface area contributed by atoms with Crippen LogP contribution < -0.4 is 10.6 Å². The zero-order chi connectivity index (χ0) is 20.1. The molecule has 4 aromatic rings. The molecule has 0 aliphatic rings. The molecule has 0 aliphatic heterocycles. The van der Waals surface area contributed by atoms with Gasteiger partial charge < -0.3 is 5.32 Å². The summed E-state index contributed by atoms with van der Waals surface area (Å²) in [6.45, 7) is 0. The number of thiazole rings is 1. The third kappa shape index (κ3) is 4.74. The third-order valence-corrected chi connectivity index (χ3v) is 5.22. The molecule has 0 atom stereocenters. The van der Waals surface area contributed by atoms with Gasteiger partial charge in [0.25, 0.3) is 0 Å². The Labute approximate surface area is 177 Å². The Morgan fingerprint density at radius 1 is 0.966 bits per heavy atom. The van der Waals surface area contributed by atoms with E-state index >= 15 is 0 Å². The summed E-state index contributed by atoms with van der Waals surface area (Å²) in [6, 6.07) is 24.0. The zero-order valence-electron chi connectivity index (χ0n) is 15.3. The Bertz CT molecular complexity index is 1190. The Kier molecular flexibility index (Phi) is 5.74. The van der Waals surface area contributed by atoms with E-state index in [0.717, 1.165) is 22.2 Å². The van der Waals surface area contributed by atoms with Crippen LogP contribution in [0.15, 0.2) is 84.3 Å². The molecule has 142 valence electrons. The van der Waals surface area contributed by atoms with Crippen LogP contribution in [0.5, 0.6) is 0 Å². The number of thiocarbonyl (C=S) groups is 1. The highest BCUT2D eigenvalue weighted by Gasteiger charge is 2.09. The number of hydrogen-bond acceptors (Lipinski definition) is 4. The van der Waals surface area contributed by atoms with Gasteiger partial charge in [0.1, 0.15) is 0 Å². The highest BCUT2D eigenvalue weighted by Crippen LogP contribution is 2.30. The molecule has 0 bridgehead atoms. The van der Waals surface area contributed by atoms with Crippen molar-refractivity contribution in [3.63, 3.8) is 0 Å². The Hall–Kier alpha value is -3.35. The van der Waals surface area contributed by atoms with Crippen LogP contribution >= 0.6 is 23.6 Å². The third-order valence-electron chi connectivity index (χ3n) is 4.25. The molecule has 1 aromatic heterocycles. The summed E-state index contributed by atoms with van der Waals surface area (Å²) in [5.74, 6) is -0.294. The van der Waals surface area contributed by atoms with Crippen LogP contribution in [0, 0.1) is 0 Å². The number of nitrogens with zero attached hydrogens (tertiary/aromatic N) is 1. The second-order valence-corrected chi connectivity index (χ2v) is 7.52. The van der Waals surface area contributed by atoms with Crippen molar-refractivity contribution in [2.45, 2.75) is 0 Å². The van der Waals surface area contributed by atoms with E-state index in [1.165, 1.54) is 22.8 Å². The first-order valence-electron chi connectivity index (χ1n) is 8.98. The van der Waals surface area contributed by atoms with E-state index in [1.54, 1.807) is 6.08 Å². The smallest absolute Gasteiger partial charge is 0.250 e. The van der Waals surface area contributed by atoms with Gasteiger partial charge in [-0.25, -0.2) is 4.98 Å². The maximum atomic E-state index is 12.0. The Morgan fingerprint density at radius 2 is 1.72 bits per heavy atom. The molecule has 0 saturated carbocycles. The number of rotatable bonds is 4. The largest absolute Gasteiger partial charge is 0.308 e. The summed E-state index contributed by atoms with van der Waals surface area (Å²) in [6.07, 6.45) is 3.19. The molecule has 0 radical (unpaired) electrons. The van der Waals surface area contributed by atoms with Gasteiger partial charge in [0, 0.05) is 17.0 Å². The molecule has 0 unspecified atom stereocenters. The molecule has 2 N–H and O–H groups in total. The molecular formula is C23H17N3OS2. The first-order valence-corrected chi connectivity index (χ1v) is 10.3. The summed E-state index contributed by atoms with van der Waals surface area (Å²) in [5.41, 5.74) is 2.88. The minimum atomic E-state index is -0.294. The van der Waals surface area contributed by atoms with Crippen LogP contribution in [0.1, 0.15) is 5.56 Å². The van der Waals surface area contributed by atoms with E-state index < -0.39 is 0 Å². The summed E-state index contributed by atoms with van der Waals surface area (Å²) in [5, 5.41) is 10.8. The average molecular weight is 416 g/mol. The van der Waals surface area contributed by atoms with E-state index in [2.05, 4.69) is 39.9 Å². The number of hydrogen-bond donors (Lipinski definition) is 2. The molecule has 0 fully saturated rings. The van der Waals surface area contributed by atoms with E-state index in [-0.39, 0.29) is 11.0 Å². The quantitative estimate of drug-likeness (QED) is 0.342. The van der Waals surface area contributed by atoms with Crippen molar-refractivity contribution in [2.75, 3.05) is 5.32 Å². The standard InChI is InChI=1S/C23H17N3OS2/c27-21(14-13-16-7-2-1-3-8-16)25-22(28)26-23-24-20(15-29-23)19-12-6-10-17-9-4-5-11-18(17)19/h1-15H,(H2,24,25,26,27,28)/b14-13+. The molecule has 0 aliphatic carbocycles. The number of amides is 1. The topological polar surface area (TPSA) is 54.0 Å². The fourth-order valence-electron chi connectivity index (χ4n) is 2.92. The lowest BCUT2D eigenvalue weighted by molar-refractivity contribution is -0.115. The maximum absolute atomic E-state index is 12.0. The number of benzene rings is 3. The molecule has 6 heteroatoms. The van der Waals surface area contributed by atoms with Crippen LogP contribution in [0.25, 0.3) is 28.1 Å². The van der Waals surface area contributed by atoms with Gasteiger partial charge in [0.05, 0.1) is 5.69 Å². The summed E-state index contributed by atoms with van der Waals surface area (Å²) in [7, 11) is 0. The molecule has 1 heterocycles. The van der Waals surface area contributed by atoms with E-state index in [0.29, 0.717) is 5.13 Å². The van der Waals surface area contributed by atoms with Gasteiger partial charge in [-0.15, -0.1) is 11.3 Å². The number of fused-ring (bicyclic) bond motifs is 1. The first kappa shape index (κ1) is 19.0. The van der Waals surface area contributed by atoms with Crippen molar-refractivity contribution in [3.8, 4) is 11.3 Å². The van der Waals surface area contributed by atoms with Crippen molar-refractivity contribution < 1.29 is 4.79 Å². The minimum absolute atomic E-state index is 0.214. The SMILES string of the molecule is O=C(/C=C/c1ccccc1)NC(=S)Nc1nc(-c2cccc3ccccc23)cs1. The molecule has 3 aromatic carbocycles. The average Bonchev–Trinajstić information content (AvgIpc) is 3.20. The molecule has 4 rings (SSSR count). The minimum Gasteiger partial charge on any atom is -0.308 e. The highest BCUT2D eigenvalue weighted by molar-refractivity contribution is 7.80. The van der Waals surface area contributed by atoms with Crippen molar-refractivity contribution >= 4 is 56.6 Å². The van der Waals surface area contributed by atoms with Gasteiger partial charge >= 0.3 is 0 Å². The number of anilines is 1. The molecule has 29 heavy (non-hydrogen) atoms. The number of nitrogens with one attached hydrogen (secondary N) is 2. The van der Waals surface area contributed by atoms with E-state index in [4.69, 9.17) is 12.2 Å². The van der Waals surface area contributed by atoms with Gasteiger partial charge in [-0.3, -0.25) is 10.1 Å². The monoisotopic (exact) mass is 415 g/mol. The van der Waals surface area contributed by atoms with Crippen molar-refractivity contribution in [1.82, 2.24) is 10.3 Å². The molecule has 1 amide bonds. The van der Waals surface area contributed by atoms with Crippen LogP contribution in [0.2, 0.25) is 0 Å². The first-order chi connectivity index (χ1) is 14.2. The number of aromatic nitrogens is 1. The lowest BCUT2D eigenvalue weighted by atomic mass is 10.0. The van der Waals surface area contributed by atoms with Crippen LogP contribution in [-0.2, 0) is 4.79 Å². The summed E-state index contributed by atoms with van der Waals surface area (Å²) < 4.78 is 0. The van der Waals surface area contributed by atoms with Crippen molar-refractivity contribution in [2.24, 2.45) is 0 Å². The molecule has 4 nitrogen and oxygen atoms in total. The fourth-order valence-corrected chi connectivity index (χ4v) is 3.90. The van der Waals surface area contributed by atoms with Gasteiger partial charge in [-0.05, 0) is 34.6 Å². The molecule has 0 saturated heterocycles. The van der Waals surface area contributed by atoms with E-state index in [9.17, 15) is 4.79 Å². The van der Waals surface area contributed by atoms with E-state index in [1.807, 2.05) is 53.9 Å². The van der Waals surface area contributed by atoms with Crippen LogP contribution in [0.3, 0.4) is 0 Å². The normalized spacial score (nSPS) is 10.9. The van der Waals surface area contributed by atoms with Gasteiger partial charge in [0.2, 0.25) is 5.91 Å². The second-order valence-electron chi connectivity index (χ2n) is 6.25. The van der Waals surface area contributed by atoms with Crippen molar-refractivity contribution in [3.05, 3.63) is 89.8 Å². The summed E-state index contributed by atoms with van der Waals surface area (Å²) in [4.78, 5) is 16.7. The highest BCUT2D eigenvalue weighted by atomic mass is 32.1. The number of carbonyl (C=O) groups is 1. The Balaban J connectivity index is 1.42. The zero-order valence-corrected chi connectivity index (χ0v) is 17.0. The lowest BCUT2D eigenvalue weighted by Gasteiger charge is -2.05. The second kappa shape index (κ2) is 8.77. The lowest BCUT2D eigenvalue weighted by Crippen LogP contribution is -2.32.